The number of rotatable bonds is 2. The van der Waals surface area contributed by atoms with Crippen LogP contribution in [0.4, 0.5) is 0 Å². The van der Waals surface area contributed by atoms with E-state index in [4.69, 9.17) is 0 Å². The molecule has 2 saturated carbocycles. The molecule has 3 aliphatic rings. The Morgan fingerprint density at radius 2 is 0.952 bits per heavy atom. The van der Waals surface area contributed by atoms with Crippen LogP contribution in [0.1, 0.15) is 105 Å². The van der Waals surface area contributed by atoms with E-state index >= 15 is 0 Å². The highest BCUT2D eigenvalue weighted by molar-refractivity contribution is 5.44. The van der Waals surface area contributed by atoms with Crippen LogP contribution in [-0.4, -0.2) is 0 Å². The molecule has 0 spiro atoms. The average molecular weight is 282 g/mol. The summed E-state index contributed by atoms with van der Waals surface area (Å²) < 4.78 is 0. The molecule has 2 fully saturated rings. The first-order valence-corrected chi connectivity index (χ1v) is 9.57. The van der Waals surface area contributed by atoms with E-state index in [0.29, 0.717) is 0 Å². The Bertz CT molecular complexity index is 442. The lowest BCUT2D eigenvalue weighted by atomic mass is 9.75. The van der Waals surface area contributed by atoms with E-state index in [-0.39, 0.29) is 0 Å². The summed E-state index contributed by atoms with van der Waals surface area (Å²) in [6.45, 7) is 0. The molecule has 21 heavy (non-hydrogen) atoms. The lowest BCUT2D eigenvalue weighted by molar-refractivity contribution is 0.418. The largest absolute Gasteiger partial charge is 0.0550 e. The highest BCUT2D eigenvalue weighted by atomic mass is 14.3. The highest BCUT2D eigenvalue weighted by Gasteiger charge is 2.26. The molecule has 0 N–H and O–H groups in total. The first-order valence-electron chi connectivity index (χ1n) is 9.57. The van der Waals surface area contributed by atoms with Crippen molar-refractivity contribution in [1.82, 2.24) is 0 Å². The Morgan fingerprint density at radius 3 is 1.38 bits per heavy atom. The molecule has 0 unspecified atom stereocenters. The van der Waals surface area contributed by atoms with Crippen LogP contribution in [-0.2, 0) is 12.8 Å². The molecule has 0 heterocycles. The number of fused-ring (bicyclic) bond motifs is 1. The van der Waals surface area contributed by atoms with Crippen molar-refractivity contribution in [2.75, 3.05) is 0 Å². The van der Waals surface area contributed by atoms with Crippen molar-refractivity contribution in [3.63, 3.8) is 0 Å². The smallest absolute Gasteiger partial charge is 0.0159 e. The second kappa shape index (κ2) is 6.15. The minimum atomic E-state index is 0.890. The van der Waals surface area contributed by atoms with Gasteiger partial charge in [0.15, 0.2) is 0 Å². The highest BCUT2D eigenvalue weighted by Crippen LogP contribution is 2.43. The Kier molecular flexibility index (Phi) is 4.05. The molecule has 1 aromatic carbocycles. The van der Waals surface area contributed by atoms with Crippen LogP contribution in [0.3, 0.4) is 0 Å². The van der Waals surface area contributed by atoms with E-state index in [1.165, 1.54) is 83.5 Å². The van der Waals surface area contributed by atoms with Gasteiger partial charge in [-0.25, -0.2) is 0 Å². The zero-order valence-electron chi connectivity index (χ0n) is 13.5. The predicted molar refractivity (Wildman–Crippen MR) is 90.1 cm³/mol. The molecule has 0 amide bonds. The van der Waals surface area contributed by atoms with E-state index in [9.17, 15) is 0 Å². The lowest BCUT2D eigenvalue weighted by Crippen LogP contribution is -2.13. The molecule has 4 rings (SSSR count). The van der Waals surface area contributed by atoms with E-state index in [1.54, 1.807) is 22.3 Å². The van der Waals surface area contributed by atoms with Gasteiger partial charge in [0, 0.05) is 0 Å². The number of benzene rings is 1. The molecule has 3 aliphatic carbocycles. The molecule has 0 aromatic heterocycles. The van der Waals surface area contributed by atoms with Crippen molar-refractivity contribution in [2.45, 2.75) is 95.3 Å². The maximum Gasteiger partial charge on any atom is -0.0159 e. The Morgan fingerprint density at radius 1 is 0.524 bits per heavy atom. The molecule has 0 atom stereocenters. The molecule has 0 radical (unpaired) electrons. The second-order valence-corrected chi connectivity index (χ2v) is 7.77. The summed E-state index contributed by atoms with van der Waals surface area (Å²) in [5.41, 5.74) is 7.00. The van der Waals surface area contributed by atoms with E-state index in [2.05, 4.69) is 12.1 Å². The number of hydrogen-bond donors (Lipinski definition) is 0. The molecule has 0 saturated heterocycles. The van der Waals surface area contributed by atoms with Gasteiger partial charge in [-0.1, -0.05) is 50.7 Å². The van der Waals surface area contributed by atoms with Gasteiger partial charge in [0.05, 0.1) is 0 Å². The third-order valence-corrected chi connectivity index (χ3v) is 6.39. The van der Waals surface area contributed by atoms with Crippen LogP contribution in [0.15, 0.2) is 12.1 Å². The van der Waals surface area contributed by atoms with Crippen LogP contribution in [0.25, 0.3) is 0 Å². The van der Waals surface area contributed by atoms with Crippen LogP contribution in [0, 0.1) is 0 Å². The third-order valence-electron chi connectivity index (χ3n) is 6.39. The summed E-state index contributed by atoms with van der Waals surface area (Å²) in [5.74, 6) is 1.78. The van der Waals surface area contributed by atoms with Gasteiger partial charge in [-0.15, -0.1) is 0 Å². The van der Waals surface area contributed by atoms with Gasteiger partial charge in [-0.05, 0) is 79.0 Å². The van der Waals surface area contributed by atoms with Crippen molar-refractivity contribution in [3.05, 3.63) is 34.4 Å². The maximum absolute atomic E-state index is 2.67. The molecule has 1 aromatic rings. The number of aryl methyl sites for hydroxylation is 2. The zero-order chi connectivity index (χ0) is 14.1. The lowest BCUT2D eigenvalue weighted by Gasteiger charge is -2.30. The fourth-order valence-electron chi connectivity index (χ4n) is 5.20. The maximum atomic E-state index is 2.67. The minimum absolute atomic E-state index is 0.890. The van der Waals surface area contributed by atoms with Crippen molar-refractivity contribution in [2.24, 2.45) is 0 Å². The zero-order valence-corrected chi connectivity index (χ0v) is 13.5. The van der Waals surface area contributed by atoms with Crippen LogP contribution in [0.5, 0.6) is 0 Å². The van der Waals surface area contributed by atoms with Crippen molar-refractivity contribution >= 4 is 0 Å². The SMILES string of the molecule is c1c2c(cc(C3CCCCC3)c1C1CCCCC1)CCC2. The van der Waals surface area contributed by atoms with Gasteiger partial charge in [-0.3, -0.25) is 0 Å². The van der Waals surface area contributed by atoms with E-state index in [0.717, 1.165) is 11.8 Å². The molecular formula is C21H30. The summed E-state index contributed by atoms with van der Waals surface area (Å²) in [5, 5.41) is 0. The van der Waals surface area contributed by atoms with E-state index in [1.807, 2.05) is 0 Å². The molecule has 0 bridgehead atoms. The van der Waals surface area contributed by atoms with Crippen LogP contribution in [0.2, 0.25) is 0 Å². The first-order chi connectivity index (χ1) is 10.4. The van der Waals surface area contributed by atoms with Crippen LogP contribution >= 0.6 is 0 Å². The third kappa shape index (κ3) is 2.79. The van der Waals surface area contributed by atoms with E-state index < -0.39 is 0 Å². The molecule has 0 heteroatoms. The molecule has 0 nitrogen and oxygen atoms in total. The van der Waals surface area contributed by atoms with Gasteiger partial charge in [0.1, 0.15) is 0 Å². The Balaban J connectivity index is 1.71. The van der Waals surface area contributed by atoms with Crippen molar-refractivity contribution in [1.29, 1.82) is 0 Å². The van der Waals surface area contributed by atoms with Gasteiger partial charge < -0.3 is 0 Å². The van der Waals surface area contributed by atoms with Gasteiger partial charge >= 0.3 is 0 Å². The summed E-state index contributed by atoms with van der Waals surface area (Å²) in [7, 11) is 0. The normalized spacial score (nSPS) is 24.2. The Hall–Kier alpha value is -0.780. The quantitative estimate of drug-likeness (QED) is 0.599. The first kappa shape index (κ1) is 13.9. The molecule has 114 valence electrons. The Labute approximate surface area is 130 Å². The van der Waals surface area contributed by atoms with Crippen LogP contribution < -0.4 is 0 Å². The molecule has 0 aliphatic heterocycles. The van der Waals surface area contributed by atoms with Gasteiger partial charge in [0.25, 0.3) is 0 Å². The molecular weight excluding hydrogens is 252 g/mol. The topological polar surface area (TPSA) is 0 Å². The van der Waals surface area contributed by atoms with Crippen molar-refractivity contribution < 1.29 is 0 Å². The summed E-state index contributed by atoms with van der Waals surface area (Å²) >= 11 is 0. The summed E-state index contributed by atoms with van der Waals surface area (Å²) in [6, 6.07) is 5.34. The minimum Gasteiger partial charge on any atom is -0.0550 e. The predicted octanol–water partition coefficient (Wildman–Crippen LogP) is 6.27. The number of hydrogen-bond acceptors (Lipinski definition) is 0. The average Bonchev–Trinajstić information content (AvgIpc) is 3.03. The summed E-state index contributed by atoms with van der Waals surface area (Å²) in [4.78, 5) is 0. The fraction of sp³-hybridized carbons (Fsp3) is 0.714. The van der Waals surface area contributed by atoms with Crippen molar-refractivity contribution in [3.8, 4) is 0 Å². The second-order valence-electron chi connectivity index (χ2n) is 7.77. The standard InChI is InChI=1S/C21H30/c1-3-8-16(9-4-1)20-14-18-12-7-13-19(18)15-21(20)17-10-5-2-6-11-17/h14-17H,1-13H2. The van der Waals surface area contributed by atoms with Gasteiger partial charge in [0.2, 0.25) is 0 Å². The monoisotopic (exact) mass is 282 g/mol. The summed E-state index contributed by atoms with van der Waals surface area (Å²) in [6.07, 6.45) is 18.7. The fourth-order valence-corrected chi connectivity index (χ4v) is 5.20. The van der Waals surface area contributed by atoms with Gasteiger partial charge in [-0.2, -0.15) is 0 Å².